The molecular weight excluding hydrogens is 306 g/mol. The molecule has 0 aliphatic rings. The van der Waals surface area contributed by atoms with Crippen LogP contribution in [0.1, 0.15) is 63.8 Å². The Morgan fingerprint density at radius 2 is 1.52 bits per heavy atom. The molecule has 1 amide bonds. The fraction of sp³-hybridized carbons (Fsp3) is 0.435. The van der Waals surface area contributed by atoms with Crippen LogP contribution >= 0.6 is 0 Å². The SMILES string of the molecule is Cc1cc(C(C)(C)C)cc(C(C)(C)C)c1NC(=O)Cc1ccccc1. The number of nitrogens with one attached hydrogen (secondary N) is 1. The van der Waals surface area contributed by atoms with Gasteiger partial charge in [0, 0.05) is 5.69 Å². The normalized spacial score (nSPS) is 12.1. The lowest BCUT2D eigenvalue weighted by Gasteiger charge is -2.29. The number of carbonyl (C=O) groups is 1. The first-order chi connectivity index (χ1) is 11.5. The van der Waals surface area contributed by atoms with Crippen molar-refractivity contribution in [2.45, 2.75) is 65.7 Å². The van der Waals surface area contributed by atoms with Crippen LogP contribution in [-0.2, 0) is 22.0 Å². The van der Waals surface area contributed by atoms with E-state index in [-0.39, 0.29) is 16.7 Å². The van der Waals surface area contributed by atoms with E-state index >= 15 is 0 Å². The summed E-state index contributed by atoms with van der Waals surface area (Å²) in [4.78, 5) is 12.6. The quantitative estimate of drug-likeness (QED) is 0.756. The van der Waals surface area contributed by atoms with Crippen molar-refractivity contribution in [3.63, 3.8) is 0 Å². The molecule has 0 aromatic heterocycles. The summed E-state index contributed by atoms with van der Waals surface area (Å²) in [6.07, 6.45) is 0.394. The average Bonchev–Trinajstić information content (AvgIpc) is 2.47. The van der Waals surface area contributed by atoms with Crippen LogP contribution in [0.3, 0.4) is 0 Å². The fourth-order valence-corrected chi connectivity index (χ4v) is 2.94. The fourth-order valence-electron chi connectivity index (χ4n) is 2.94. The van der Waals surface area contributed by atoms with Gasteiger partial charge in [0.25, 0.3) is 0 Å². The maximum Gasteiger partial charge on any atom is 0.228 e. The third-order valence-electron chi connectivity index (χ3n) is 4.48. The molecular formula is C23H31NO. The molecule has 2 aromatic rings. The van der Waals surface area contributed by atoms with Gasteiger partial charge in [0.1, 0.15) is 0 Å². The van der Waals surface area contributed by atoms with E-state index in [0.717, 1.165) is 16.8 Å². The number of rotatable bonds is 3. The van der Waals surface area contributed by atoms with Crippen molar-refractivity contribution in [1.82, 2.24) is 0 Å². The van der Waals surface area contributed by atoms with Gasteiger partial charge in [-0.05, 0) is 40.0 Å². The van der Waals surface area contributed by atoms with Crippen LogP contribution in [0.15, 0.2) is 42.5 Å². The molecule has 2 aromatic carbocycles. The first-order valence-electron chi connectivity index (χ1n) is 8.98. The van der Waals surface area contributed by atoms with E-state index < -0.39 is 0 Å². The van der Waals surface area contributed by atoms with E-state index in [2.05, 4.69) is 65.9 Å². The molecule has 2 rings (SSSR count). The van der Waals surface area contributed by atoms with Gasteiger partial charge in [-0.15, -0.1) is 0 Å². The molecule has 0 aliphatic carbocycles. The summed E-state index contributed by atoms with van der Waals surface area (Å²) in [7, 11) is 0. The van der Waals surface area contributed by atoms with Crippen molar-refractivity contribution in [2.24, 2.45) is 0 Å². The van der Waals surface area contributed by atoms with Gasteiger partial charge in [0.05, 0.1) is 6.42 Å². The zero-order chi connectivity index (χ0) is 18.8. The first kappa shape index (κ1) is 19.2. The number of hydrogen-bond donors (Lipinski definition) is 1. The van der Waals surface area contributed by atoms with Crippen LogP contribution < -0.4 is 5.32 Å². The van der Waals surface area contributed by atoms with Crippen LogP contribution in [-0.4, -0.2) is 5.91 Å². The number of hydrogen-bond acceptors (Lipinski definition) is 1. The highest BCUT2D eigenvalue weighted by atomic mass is 16.1. The zero-order valence-corrected chi connectivity index (χ0v) is 16.7. The Hall–Kier alpha value is -2.09. The minimum Gasteiger partial charge on any atom is -0.325 e. The Kier molecular flexibility index (Phi) is 5.41. The van der Waals surface area contributed by atoms with Crippen LogP contribution in [0.2, 0.25) is 0 Å². The summed E-state index contributed by atoms with van der Waals surface area (Å²) in [5.41, 5.74) is 5.65. The van der Waals surface area contributed by atoms with E-state index in [1.165, 1.54) is 11.1 Å². The number of anilines is 1. The summed E-state index contributed by atoms with van der Waals surface area (Å²) < 4.78 is 0. The number of amides is 1. The van der Waals surface area contributed by atoms with Crippen molar-refractivity contribution in [1.29, 1.82) is 0 Å². The van der Waals surface area contributed by atoms with Gasteiger partial charge in [-0.1, -0.05) is 84.0 Å². The predicted octanol–water partition coefficient (Wildman–Crippen LogP) is 5.77. The highest BCUT2D eigenvalue weighted by Crippen LogP contribution is 2.36. The van der Waals surface area contributed by atoms with Crippen molar-refractivity contribution in [3.05, 3.63) is 64.7 Å². The second-order valence-corrected chi connectivity index (χ2v) is 8.93. The molecule has 134 valence electrons. The zero-order valence-electron chi connectivity index (χ0n) is 16.7. The second kappa shape index (κ2) is 7.03. The summed E-state index contributed by atoms with van der Waals surface area (Å²) in [5.74, 6) is 0.0308. The van der Waals surface area contributed by atoms with E-state index in [4.69, 9.17) is 0 Å². The molecule has 0 heterocycles. The molecule has 0 saturated heterocycles. The summed E-state index contributed by atoms with van der Waals surface area (Å²) in [6.45, 7) is 15.3. The van der Waals surface area contributed by atoms with Gasteiger partial charge in [-0.2, -0.15) is 0 Å². The van der Waals surface area contributed by atoms with Gasteiger partial charge < -0.3 is 5.32 Å². The Balaban J connectivity index is 2.38. The maximum atomic E-state index is 12.6. The van der Waals surface area contributed by atoms with Crippen LogP contribution in [0.4, 0.5) is 5.69 Å². The summed E-state index contributed by atoms with van der Waals surface area (Å²) >= 11 is 0. The number of benzene rings is 2. The topological polar surface area (TPSA) is 29.1 Å². The monoisotopic (exact) mass is 337 g/mol. The van der Waals surface area contributed by atoms with Crippen LogP contribution in [0, 0.1) is 6.92 Å². The lowest BCUT2D eigenvalue weighted by molar-refractivity contribution is -0.115. The predicted molar refractivity (Wildman–Crippen MR) is 107 cm³/mol. The number of carbonyl (C=O) groups excluding carboxylic acids is 1. The molecule has 2 heteroatoms. The molecule has 0 bridgehead atoms. The Morgan fingerprint density at radius 1 is 0.920 bits per heavy atom. The van der Waals surface area contributed by atoms with Gasteiger partial charge >= 0.3 is 0 Å². The molecule has 0 saturated carbocycles. The molecule has 0 aliphatic heterocycles. The smallest absolute Gasteiger partial charge is 0.228 e. The summed E-state index contributed by atoms with van der Waals surface area (Å²) in [5, 5.41) is 3.17. The van der Waals surface area contributed by atoms with Gasteiger partial charge in [-0.25, -0.2) is 0 Å². The van der Waals surface area contributed by atoms with E-state index in [9.17, 15) is 4.79 Å². The Morgan fingerprint density at radius 3 is 2.04 bits per heavy atom. The lowest BCUT2D eigenvalue weighted by Crippen LogP contribution is -2.23. The molecule has 0 unspecified atom stereocenters. The lowest BCUT2D eigenvalue weighted by atomic mass is 9.78. The molecule has 1 N–H and O–H groups in total. The Bertz CT molecular complexity index is 746. The largest absolute Gasteiger partial charge is 0.325 e. The highest BCUT2D eigenvalue weighted by molar-refractivity contribution is 5.94. The molecule has 25 heavy (non-hydrogen) atoms. The van der Waals surface area contributed by atoms with Gasteiger partial charge in [0.2, 0.25) is 5.91 Å². The van der Waals surface area contributed by atoms with E-state index in [1.807, 2.05) is 30.3 Å². The highest BCUT2D eigenvalue weighted by Gasteiger charge is 2.24. The van der Waals surface area contributed by atoms with E-state index in [1.54, 1.807) is 0 Å². The minimum atomic E-state index is -0.0403. The van der Waals surface area contributed by atoms with Crippen molar-refractivity contribution < 1.29 is 4.79 Å². The van der Waals surface area contributed by atoms with Crippen molar-refractivity contribution >= 4 is 11.6 Å². The number of aryl methyl sites for hydroxylation is 1. The minimum absolute atomic E-state index is 0.0308. The molecule has 0 atom stereocenters. The third kappa shape index (κ3) is 4.94. The molecule has 0 radical (unpaired) electrons. The van der Waals surface area contributed by atoms with Crippen LogP contribution in [0.25, 0.3) is 0 Å². The van der Waals surface area contributed by atoms with E-state index in [0.29, 0.717) is 6.42 Å². The van der Waals surface area contributed by atoms with Gasteiger partial charge in [0.15, 0.2) is 0 Å². The first-order valence-corrected chi connectivity index (χ1v) is 8.98. The van der Waals surface area contributed by atoms with Crippen molar-refractivity contribution in [3.8, 4) is 0 Å². The van der Waals surface area contributed by atoms with Crippen molar-refractivity contribution in [2.75, 3.05) is 5.32 Å². The van der Waals surface area contributed by atoms with Crippen LogP contribution in [0.5, 0.6) is 0 Å². The second-order valence-electron chi connectivity index (χ2n) is 8.93. The molecule has 2 nitrogen and oxygen atoms in total. The summed E-state index contributed by atoms with van der Waals surface area (Å²) in [6, 6.07) is 14.3. The molecule has 0 fully saturated rings. The average molecular weight is 338 g/mol. The van der Waals surface area contributed by atoms with Gasteiger partial charge in [-0.3, -0.25) is 4.79 Å². The maximum absolute atomic E-state index is 12.6. The Labute approximate surface area is 152 Å². The molecule has 0 spiro atoms. The third-order valence-corrected chi connectivity index (χ3v) is 4.48. The standard InChI is InChI=1S/C23H31NO/c1-16-13-18(22(2,3)4)15-19(23(5,6)7)21(16)24-20(25)14-17-11-9-8-10-12-17/h8-13,15H,14H2,1-7H3,(H,24,25).